The van der Waals surface area contributed by atoms with Crippen molar-refractivity contribution in [2.75, 3.05) is 5.32 Å². The third-order valence-corrected chi connectivity index (χ3v) is 3.98. The molecule has 0 saturated heterocycles. The van der Waals surface area contributed by atoms with Gasteiger partial charge in [-0.15, -0.1) is 0 Å². The van der Waals surface area contributed by atoms with E-state index >= 15 is 0 Å². The summed E-state index contributed by atoms with van der Waals surface area (Å²) in [6.07, 6.45) is 0. The van der Waals surface area contributed by atoms with Crippen molar-refractivity contribution in [3.8, 4) is 0 Å². The number of carboxylic acids is 1. The highest BCUT2D eigenvalue weighted by atomic mass is 19.1. The molecule has 0 atom stereocenters. The SMILES string of the molecule is Cc1cc(Nc2nc(C(=O)c3ccc(F)cc3)nc3ccc(C(=O)O)n23)n[nH]1. The van der Waals surface area contributed by atoms with E-state index in [1.54, 1.807) is 13.0 Å². The highest BCUT2D eigenvalue weighted by Crippen LogP contribution is 2.20. The first-order valence-electron chi connectivity index (χ1n) is 8.14. The number of aromatic amines is 1. The van der Waals surface area contributed by atoms with Gasteiger partial charge in [0.25, 0.3) is 0 Å². The van der Waals surface area contributed by atoms with Gasteiger partial charge in [0.15, 0.2) is 5.82 Å². The van der Waals surface area contributed by atoms with Crippen LogP contribution in [0.3, 0.4) is 0 Å². The minimum Gasteiger partial charge on any atom is -0.477 e. The predicted octanol–water partition coefficient (Wildman–Crippen LogP) is 2.57. The van der Waals surface area contributed by atoms with Gasteiger partial charge < -0.3 is 10.4 Å². The van der Waals surface area contributed by atoms with Crippen LogP contribution < -0.4 is 5.32 Å². The number of aromatic carboxylic acids is 1. The van der Waals surface area contributed by atoms with Crippen LogP contribution >= 0.6 is 0 Å². The lowest BCUT2D eigenvalue weighted by molar-refractivity contribution is 0.0689. The van der Waals surface area contributed by atoms with Gasteiger partial charge in [0.05, 0.1) is 0 Å². The van der Waals surface area contributed by atoms with Crippen LogP contribution in [0, 0.1) is 12.7 Å². The number of benzene rings is 1. The number of carbonyl (C=O) groups is 2. The molecule has 3 heterocycles. The zero-order chi connectivity index (χ0) is 19.8. The average molecular weight is 380 g/mol. The molecule has 4 rings (SSSR count). The number of fused-ring (bicyclic) bond motifs is 1. The van der Waals surface area contributed by atoms with E-state index in [1.807, 2.05) is 0 Å². The predicted molar refractivity (Wildman–Crippen MR) is 96.4 cm³/mol. The molecule has 0 aliphatic rings. The van der Waals surface area contributed by atoms with Gasteiger partial charge in [-0.05, 0) is 43.3 Å². The summed E-state index contributed by atoms with van der Waals surface area (Å²) < 4.78 is 14.4. The maximum atomic E-state index is 13.1. The molecule has 0 radical (unpaired) electrons. The molecule has 28 heavy (non-hydrogen) atoms. The quantitative estimate of drug-likeness (QED) is 0.454. The Morgan fingerprint density at radius 2 is 1.89 bits per heavy atom. The third kappa shape index (κ3) is 3.07. The van der Waals surface area contributed by atoms with Crippen LogP contribution in [0.2, 0.25) is 0 Å². The fraction of sp³-hybridized carbons (Fsp3) is 0.0556. The van der Waals surface area contributed by atoms with Gasteiger partial charge >= 0.3 is 5.97 Å². The molecule has 0 bridgehead atoms. The van der Waals surface area contributed by atoms with Crippen molar-refractivity contribution in [1.29, 1.82) is 0 Å². The molecule has 0 spiro atoms. The van der Waals surface area contributed by atoms with Gasteiger partial charge in [0, 0.05) is 17.3 Å². The molecular weight excluding hydrogens is 367 g/mol. The molecule has 4 aromatic rings. The largest absolute Gasteiger partial charge is 0.477 e. The number of nitrogens with one attached hydrogen (secondary N) is 2. The third-order valence-electron chi connectivity index (χ3n) is 3.98. The number of hydrogen-bond acceptors (Lipinski definition) is 6. The number of nitrogens with zero attached hydrogens (tertiary/aromatic N) is 4. The van der Waals surface area contributed by atoms with E-state index in [1.165, 1.54) is 28.7 Å². The number of rotatable bonds is 5. The van der Waals surface area contributed by atoms with Gasteiger partial charge in [-0.2, -0.15) is 10.1 Å². The number of halogens is 1. The second-order valence-electron chi connectivity index (χ2n) is 5.99. The zero-order valence-electron chi connectivity index (χ0n) is 14.5. The van der Waals surface area contributed by atoms with E-state index in [2.05, 4.69) is 25.5 Å². The number of hydrogen-bond donors (Lipinski definition) is 3. The molecule has 0 fully saturated rings. The first-order valence-corrected chi connectivity index (χ1v) is 8.14. The van der Waals surface area contributed by atoms with Crippen molar-refractivity contribution >= 4 is 29.2 Å². The van der Waals surface area contributed by atoms with E-state index in [0.29, 0.717) is 5.82 Å². The van der Waals surface area contributed by atoms with Gasteiger partial charge in [-0.25, -0.2) is 14.2 Å². The molecule has 9 nitrogen and oxygen atoms in total. The molecule has 0 amide bonds. The van der Waals surface area contributed by atoms with E-state index in [0.717, 1.165) is 17.8 Å². The Labute approximate surface area is 156 Å². The average Bonchev–Trinajstić information content (AvgIpc) is 3.28. The van der Waals surface area contributed by atoms with E-state index in [4.69, 9.17) is 0 Å². The lowest BCUT2D eigenvalue weighted by Crippen LogP contribution is -2.14. The van der Waals surface area contributed by atoms with E-state index < -0.39 is 17.6 Å². The Morgan fingerprint density at radius 3 is 2.54 bits per heavy atom. The maximum absolute atomic E-state index is 13.1. The molecule has 1 aromatic carbocycles. The highest BCUT2D eigenvalue weighted by molar-refractivity contribution is 6.07. The number of aryl methyl sites for hydroxylation is 1. The van der Waals surface area contributed by atoms with Crippen LogP contribution in [0.5, 0.6) is 0 Å². The smallest absolute Gasteiger partial charge is 0.353 e. The van der Waals surface area contributed by atoms with Crippen molar-refractivity contribution in [3.63, 3.8) is 0 Å². The summed E-state index contributed by atoms with van der Waals surface area (Å²) in [5.74, 6) is -1.89. The van der Waals surface area contributed by atoms with E-state index in [-0.39, 0.29) is 28.7 Å². The molecular formula is C18H13FN6O3. The Bertz CT molecular complexity index is 1210. The van der Waals surface area contributed by atoms with Crippen LogP contribution in [-0.2, 0) is 0 Å². The second kappa shape index (κ2) is 6.58. The Balaban J connectivity index is 1.85. The van der Waals surface area contributed by atoms with Crippen molar-refractivity contribution in [1.82, 2.24) is 24.6 Å². The van der Waals surface area contributed by atoms with Crippen molar-refractivity contribution in [3.05, 3.63) is 71.1 Å². The molecule has 10 heteroatoms. The van der Waals surface area contributed by atoms with Crippen molar-refractivity contribution in [2.45, 2.75) is 6.92 Å². The van der Waals surface area contributed by atoms with Crippen LogP contribution in [0.15, 0.2) is 42.5 Å². The normalized spacial score (nSPS) is 10.9. The molecule has 0 aliphatic heterocycles. The highest BCUT2D eigenvalue weighted by Gasteiger charge is 2.20. The monoisotopic (exact) mass is 380 g/mol. The second-order valence-corrected chi connectivity index (χ2v) is 5.99. The summed E-state index contributed by atoms with van der Waals surface area (Å²) in [6, 6.07) is 9.51. The lowest BCUT2D eigenvalue weighted by atomic mass is 10.1. The van der Waals surface area contributed by atoms with Gasteiger partial charge in [0.2, 0.25) is 17.6 Å². The summed E-state index contributed by atoms with van der Waals surface area (Å²) in [5.41, 5.74) is 1.12. The minimum absolute atomic E-state index is 0.0596. The molecule has 0 unspecified atom stereocenters. The number of ketones is 1. The Hall–Kier alpha value is -4.08. The van der Waals surface area contributed by atoms with Gasteiger partial charge in [0.1, 0.15) is 17.2 Å². The lowest BCUT2D eigenvalue weighted by Gasteiger charge is -2.09. The number of aromatic nitrogens is 5. The summed E-state index contributed by atoms with van der Waals surface area (Å²) >= 11 is 0. The Morgan fingerprint density at radius 1 is 1.14 bits per heavy atom. The topological polar surface area (TPSA) is 125 Å². The maximum Gasteiger partial charge on any atom is 0.353 e. The number of H-pyrrole nitrogens is 1. The van der Waals surface area contributed by atoms with Crippen LogP contribution in [0.25, 0.3) is 5.65 Å². The molecule has 0 aliphatic carbocycles. The van der Waals surface area contributed by atoms with Gasteiger partial charge in [-0.1, -0.05) is 0 Å². The summed E-state index contributed by atoms with van der Waals surface area (Å²) in [4.78, 5) is 32.6. The van der Waals surface area contributed by atoms with Crippen LogP contribution in [-0.4, -0.2) is 41.4 Å². The zero-order valence-corrected chi connectivity index (χ0v) is 14.5. The fourth-order valence-corrected chi connectivity index (χ4v) is 2.70. The summed E-state index contributed by atoms with van der Waals surface area (Å²) in [6.45, 7) is 1.80. The van der Waals surface area contributed by atoms with E-state index in [9.17, 15) is 19.1 Å². The van der Waals surface area contributed by atoms with Gasteiger partial charge in [-0.3, -0.25) is 14.3 Å². The number of carboxylic acid groups (broad SMARTS) is 1. The van der Waals surface area contributed by atoms with Crippen LogP contribution in [0.1, 0.15) is 32.4 Å². The Kier molecular flexibility index (Phi) is 4.07. The number of carbonyl (C=O) groups excluding carboxylic acids is 1. The molecule has 140 valence electrons. The molecule has 3 aromatic heterocycles. The van der Waals surface area contributed by atoms with Crippen molar-refractivity contribution < 1.29 is 19.1 Å². The molecule has 3 N–H and O–H groups in total. The standard InChI is InChI=1S/C18H13FN6O3/c1-9-8-13(24-23-9)20-18-22-16(15(26)10-2-4-11(19)5-3-10)21-14-7-6-12(17(27)28)25(14)18/h2-8H,1H3,(H,27,28)(H2,20,21,22,23,24). The summed E-state index contributed by atoms with van der Waals surface area (Å²) in [5, 5.41) is 19.1. The molecule has 0 saturated carbocycles. The first-order chi connectivity index (χ1) is 13.4. The minimum atomic E-state index is -1.18. The van der Waals surface area contributed by atoms with Crippen LogP contribution in [0.4, 0.5) is 16.2 Å². The fourth-order valence-electron chi connectivity index (χ4n) is 2.70. The van der Waals surface area contributed by atoms with Crippen molar-refractivity contribution in [2.24, 2.45) is 0 Å². The number of anilines is 2. The summed E-state index contributed by atoms with van der Waals surface area (Å²) in [7, 11) is 0. The first kappa shape index (κ1) is 17.3.